The average molecular weight is 486 g/mol. The zero-order valence-electron chi connectivity index (χ0n) is 20.7. The molecule has 3 heterocycles. The lowest BCUT2D eigenvalue weighted by molar-refractivity contribution is -0.172. The molecule has 2 bridgehead atoms. The monoisotopic (exact) mass is 485 g/mol. The number of pyridine rings is 1. The van der Waals surface area contributed by atoms with Gasteiger partial charge in [-0.1, -0.05) is 32.4 Å². The quantitative estimate of drug-likeness (QED) is 0.596. The Hall–Kier alpha value is -2.28. The SMILES string of the molecule is Cc1nn(CC23CCC(OC(N)=O)(CC2)C(C(C)(C)C)C3)c2c1CN(c1ccnc(Cl)c1)CC2. The van der Waals surface area contributed by atoms with E-state index in [0.29, 0.717) is 5.15 Å². The van der Waals surface area contributed by atoms with E-state index in [1.165, 1.54) is 11.3 Å². The van der Waals surface area contributed by atoms with Gasteiger partial charge in [-0.3, -0.25) is 4.68 Å². The van der Waals surface area contributed by atoms with E-state index in [4.69, 9.17) is 27.2 Å². The summed E-state index contributed by atoms with van der Waals surface area (Å²) in [4.78, 5) is 18.3. The van der Waals surface area contributed by atoms with Crippen molar-refractivity contribution >= 4 is 23.4 Å². The van der Waals surface area contributed by atoms with Crippen molar-refractivity contribution in [2.45, 2.75) is 84.9 Å². The number of fused-ring (bicyclic) bond motifs is 4. The summed E-state index contributed by atoms with van der Waals surface area (Å²) in [5.41, 5.74) is 10.2. The van der Waals surface area contributed by atoms with Crippen LogP contribution >= 0.6 is 11.6 Å². The number of aromatic nitrogens is 3. The Morgan fingerprint density at radius 1 is 1.29 bits per heavy atom. The molecule has 1 atom stereocenters. The van der Waals surface area contributed by atoms with E-state index in [1.807, 2.05) is 12.1 Å². The van der Waals surface area contributed by atoms with Crippen LogP contribution in [-0.4, -0.2) is 33.0 Å². The molecule has 1 amide bonds. The van der Waals surface area contributed by atoms with Crippen LogP contribution in [0.15, 0.2) is 18.3 Å². The van der Waals surface area contributed by atoms with E-state index in [2.05, 4.69) is 42.3 Å². The Morgan fingerprint density at radius 3 is 2.68 bits per heavy atom. The first kappa shape index (κ1) is 23.5. The second kappa shape index (κ2) is 8.14. The van der Waals surface area contributed by atoms with Crippen molar-refractivity contribution < 1.29 is 9.53 Å². The van der Waals surface area contributed by atoms with E-state index < -0.39 is 11.7 Å². The molecule has 34 heavy (non-hydrogen) atoms. The summed E-state index contributed by atoms with van der Waals surface area (Å²) in [5.74, 6) is 0.286. The molecule has 0 radical (unpaired) electrons. The van der Waals surface area contributed by atoms with Gasteiger partial charge < -0.3 is 15.4 Å². The minimum Gasteiger partial charge on any atom is -0.443 e. The molecule has 2 aromatic rings. The highest BCUT2D eigenvalue weighted by Crippen LogP contribution is 2.61. The first-order valence-electron chi connectivity index (χ1n) is 12.4. The number of aryl methyl sites for hydroxylation is 1. The van der Waals surface area contributed by atoms with Gasteiger partial charge in [0.2, 0.25) is 0 Å². The smallest absolute Gasteiger partial charge is 0.405 e. The summed E-state index contributed by atoms with van der Waals surface area (Å²) in [6.45, 7) is 11.6. The summed E-state index contributed by atoms with van der Waals surface area (Å²) >= 11 is 6.14. The van der Waals surface area contributed by atoms with Crippen LogP contribution in [0.25, 0.3) is 0 Å². The van der Waals surface area contributed by atoms with Gasteiger partial charge in [0.05, 0.1) is 5.69 Å². The number of primary amides is 1. The number of ether oxygens (including phenoxy) is 1. The standard InChI is InChI=1S/C26H36ClN5O2/c1-17-19-15-31(18-5-11-29-22(27)13-18)12-6-20(19)32(30-17)16-25-7-9-26(10-8-25,34-23(28)33)21(14-25)24(2,3)4/h5,11,13,21H,6-10,12,14-16H2,1-4H3,(H2,28,33). The minimum absolute atomic E-state index is 0.0350. The molecule has 8 heteroatoms. The first-order valence-corrected chi connectivity index (χ1v) is 12.8. The first-order chi connectivity index (χ1) is 16.0. The van der Waals surface area contributed by atoms with Gasteiger partial charge in [-0.05, 0) is 62.0 Å². The molecule has 0 spiro atoms. The Kier molecular flexibility index (Phi) is 5.62. The Bertz CT molecular complexity index is 1100. The Balaban J connectivity index is 1.39. The molecule has 0 saturated heterocycles. The molecular formula is C26H36ClN5O2. The molecule has 184 valence electrons. The highest BCUT2D eigenvalue weighted by molar-refractivity contribution is 6.29. The maximum atomic E-state index is 11.8. The van der Waals surface area contributed by atoms with Crippen LogP contribution in [0.3, 0.4) is 0 Å². The second-order valence-corrected chi connectivity index (χ2v) is 12.2. The van der Waals surface area contributed by atoms with Gasteiger partial charge in [0, 0.05) is 55.1 Å². The van der Waals surface area contributed by atoms with E-state index in [9.17, 15) is 4.79 Å². The van der Waals surface area contributed by atoms with Gasteiger partial charge in [-0.25, -0.2) is 9.78 Å². The second-order valence-electron chi connectivity index (χ2n) is 11.8. The average Bonchev–Trinajstić information content (AvgIpc) is 3.08. The number of anilines is 1. The van der Waals surface area contributed by atoms with Crippen LogP contribution in [0, 0.1) is 23.7 Å². The zero-order chi connectivity index (χ0) is 24.3. The molecule has 1 unspecified atom stereocenters. The fourth-order valence-electron chi connectivity index (χ4n) is 6.99. The molecular weight excluding hydrogens is 450 g/mol. The highest BCUT2D eigenvalue weighted by atomic mass is 35.5. The lowest BCUT2D eigenvalue weighted by Gasteiger charge is -2.60. The number of hydrogen-bond donors (Lipinski definition) is 1. The molecule has 6 rings (SSSR count). The number of rotatable bonds is 4. The maximum Gasteiger partial charge on any atom is 0.405 e. The fourth-order valence-corrected chi connectivity index (χ4v) is 7.16. The van der Waals surface area contributed by atoms with Gasteiger partial charge >= 0.3 is 6.09 Å². The highest BCUT2D eigenvalue weighted by Gasteiger charge is 2.59. The molecule has 4 aliphatic rings. The fraction of sp³-hybridized carbons (Fsp3) is 0.654. The van der Waals surface area contributed by atoms with E-state index >= 15 is 0 Å². The van der Waals surface area contributed by atoms with Gasteiger partial charge in [-0.15, -0.1) is 0 Å². The largest absolute Gasteiger partial charge is 0.443 e. The number of carbonyl (C=O) groups is 1. The number of amides is 1. The van der Waals surface area contributed by atoms with Crippen molar-refractivity contribution in [3.05, 3.63) is 40.4 Å². The van der Waals surface area contributed by atoms with Crippen LogP contribution in [0.4, 0.5) is 10.5 Å². The third-order valence-corrected chi connectivity index (χ3v) is 8.88. The molecule has 0 aromatic carbocycles. The number of nitrogens with zero attached hydrogens (tertiary/aromatic N) is 4. The van der Waals surface area contributed by atoms with Gasteiger partial charge in [0.1, 0.15) is 10.8 Å². The number of carbonyl (C=O) groups excluding carboxylic acids is 1. The normalized spacial score (nSPS) is 28.6. The Labute approximate surface area is 207 Å². The van der Waals surface area contributed by atoms with Crippen LogP contribution < -0.4 is 10.6 Å². The van der Waals surface area contributed by atoms with Crippen molar-refractivity contribution in [2.75, 3.05) is 11.4 Å². The lowest BCUT2D eigenvalue weighted by Crippen LogP contribution is -2.59. The number of hydrogen-bond acceptors (Lipinski definition) is 5. The van der Waals surface area contributed by atoms with E-state index in [-0.39, 0.29) is 16.7 Å². The summed E-state index contributed by atoms with van der Waals surface area (Å²) in [6.07, 6.45) is 6.99. The van der Waals surface area contributed by atoms with Crippen LogP contribution in [-0.2, 0) is 24.2 Å². The molecule has 2 aromatic heterocycles. The summed E-state index contributed by atoms with van der Waals surface area (Å²) in [5, 5.41) is 5.56. The van der Waals surface area contributed by atoms with Crippen molar-refractivity contribution in [3.63, 3.8) is 0 Å². The number of halogens is 1. The molecule has 3 saturated carbocycles. The van der Waals surface area contributed by atoms with Crippen LogP contribution in [0.1, 0.15) is 69.8 Å². The van der Waals surface area contributed by atoms with Crippen molar-refractivity contribution in [1.29, 1.82) is 0 Å². The van der Waals surface area contributed by atoms with E-state index in [0.717, 1.165) is 69.5 Å². The third-order valence-electron chi connectivity index (χ3n) is 8.67. The van der Waals surface area contributed by atoms with Gasteiger partial charge in [0.25, 0.3) is 0 Å². The molecule has 7 nitrogen and oxygen atoms in total. The predicted octanol–water partition coefficient (Wildman–Crippen LogP) is 5.26. The predicted molar refractivity (Wildman–Crippen MR) is 133 cm³/mol. The van der Waals surface area contributed by atoms with Crippen LogP contribution in [0.5, 0.6) is 0 Å². The van der Waals surface area contributed by atoms with E-state index in [1.54, 1.807) is 6.20 Å². The summed E-state index contributed by atoms with van der Waals surface area (Å²) < 4.78 is 8.15. The topological polar surface area (TPSA) is 86.3 Å². The summed E-state index contributed by atoms with van der Waals surface area (Å²) in [6, 6.07) is 3.95. The van der Waals surface area contributed by atoms with Crippen molar-refractivity contribution in [3.8, 4) is 0 Å². The van der Waals surface area contributed by atoms with Gasteiger partial charge in [0.15, 0.2) is 0 Å². The molecule has 3 aliphatic carbocycles. The van der Waals surface area contributed by atoms with Crippen LogP contribution in [0.2, 0.25) is 5.15 Å². The molecule has 3 fully saturated rings. The maximum absolute atomic E-state index is 11.8. The molecule has 1 aliphatic heterocycles. The third kappa shape index (κ3) is 4.06. The number of nitrogens with two attached hydrogens (primary N) is 1. The lowest BCUT2D eigenvalue weighted by atomic mass is 9.49. The summed E-state index contributed by atoms with van der Waals surface area (Å²) in [7, 11) is 0. The molecule has 2 N–H and O–H groups in total. The van der Waals surface area contributed by atoms with Gasteiger partial charge in [-0.2, -0.15) is 5.10 Å². The zero-order valence-corrected chi connectivity index (χ0v) is 21.5. The van der Waals surface area contributed by atoms with Crippen molar-refractivity contribution in [1.82, 2.24) is 14.8 Å². The Morgan fingerprint density at radius 2 is 2.03 bits per heavy atom. The minimum atomic E-state index is -0.638. The van der Waals surface area contributed by atoms with Crippen molar-refractivity contribution in [2.24, 2.45) is 22.5 Å².